The van der Waals surface area contributed by atoms with Crippen molar-refractivity contribution in [2.75, 3.05) is 6.54 Å². The Morgan fingerprint density at radius 2 is 2.05 bits per heavy atom. The van der Waals surface area contributed by atoms with Crippen LogP contribution in [0.2, 0.25) is 0 Å². The lowest BCUT2D eigenvalue weighted by molar-refractivity contribution is 0.183. The van der Waals surface area contributed by atoms with E-state index in [9.17, 15) is 0 Å². The van der Waals surface area contributed by atoms with Gasteiger partial charge in [-0.2, -0.15) is 0 Å². The Morgan fingerprint density at radius 1 is 1.26 bits per heavy atom. The van der Waals surface area contributed by atoms with Gasteiger partial charge in [-0.25, -0.2) is 0 Å². The van der Waals surface area contributed by atoms with Gasteiger partial charge in [0.2, 0.25) is 0 Å². The zero-order valence-electron chi connectivity index (χ0n) is 12.0. The van der Waals surface area contributed by atoms with Crippen LogP contribution in [0.4, 0.5) is 0 Å². The lowest BCUT2D eigenvalue weighted by Gasteiger charge is -2.29. The van der Waals surface area contributed by atoms with E-state index < -0.39 is 0 Å². The molecule has 2 fully saturated rings. The maximum Gasteiger partial charge on any atom is 0.0274 e. The van der Waals surface area contributed by atoms with Gasteiger partial charge in [0.25, 0.3) is 0 Å². The molecule has 106 valence electrons. The van der Waals surface area contributed by atoms with Crippen LogP contribution in [-0.4, -0.2) is 17.5 Å². The van der Waals surface area contributed by atoms with Crippen molar-refractivity contribution in [1.82, 2.24) is 4.90 Å². The van der Waals surface area contributed by atoms with Gasteiger partial charge in [0.05, 0.1) is 0 Å². The van der Waals surface area contributed by atoms with Crippen LogP contribution < -0.4 is 5.73 Å². The second kappa shape index (κ2) is 5.94. The van der Waals surface area contributed by atoms with E-state index >= 15 is 0 Å². The van der Waals surface area contributed by atoms with E-state index in [2.05, 4.69) is 17.9 Å². The van der Waals surface area contributed by atoms with E-state index in [1.165, 1.54) is 60.4 Å². The Bertz CT molecular complexity index is 420. The van der Waals surface area contributed by atoms with E-state index in [1.807, 2.05) is 11.3 Å². The van der Waals surface area contributed by atoms with Crippen LogP contribution >= 0.6 is 11.3 Å². The lowest BCUT2D eigenvalue weighted by Crippen LogP contribution is -2.34. The number of hydrogen-bond donors (Lipinski definition) is 1. The summed E-state index contributed by atoms with van der Waals surface area (Å²) in [6, 6.07) is 3.20. The molecule has 1 unspecified atom stereocenters. The van der Waals surface area contributed by atoms with Gasteiger partial charge in [-0.05, 0) is 56.7 Å². The maximum atomic E-state index is 5.76. The lowest BCUT2D eigenvalue weighted by atomic mass is 9.96. The van der Waals surface area contributed by atoms with E-state index in [-0.39, 0.29) is 0 Å². The average Bonchev–Trinajstić information content (AvgIpc) is 3.11. The molecular weight excluding hydrogens is 252 g/mol. The molecule has 2 N–H and O–H groups in total. The fourth-order valence-electron chi connectivity index (χ4n) is 3.99. The fraction of sp³-hybridized carbons (Fsp3) is 0.750. The molecule has 1 aliphatic heterocycles. The molecule has 2 nitrogen and oxygen atoms in total. The highest BCUT2D eigenvalue weighted by Gasteiger charge is 2.33. The molecule has 1 atom stereocenters. The van der Waals surface area contributed by atoms with Gasteiger partial charge >= 0.3 is 0 Å². The Labute approximate surface area is 121 Å². The zero-order chi connectivity index (χ0) is 13.2. The molecule has 0 aromatic carbocycles. The summed E-state index contributed by atoms with van der Waals surface area (Å²) < 4.78 is 0. The summed E-state index contributed by atoms with van der Waals surface area (Å²) in [6.45, 7) is 5.40. The monoisotopic (exact) mass is 278 g/mol. The first-order chi connectivity index (χ1) is 9.28. The molecule has 1 aliphatic carbocycles. The Hall–Kier alpha value is -0.380. The predicted molar refractivity (Wildman–Crippen MR) is 82.3 cm³/mol. The number of thiophene rings is 1. The predicted octanol–water partition coefficient (Wildman–Crippen LogP) is 3.67. The number of rotatable bonds is 4. The van der Waals surface area contributed by atoms with Crippen LogP contribution in [0.5, 0.6) is 0 Å². The topological polar surface area (TPSA) is 29.3 Å². The summed E-state index contributed by atoms with van der Waals surface area (Å²) in [7, 11) is 0. The number of nitrogens with two attached hydrogens (primary N) is 1. The van der Waals surface area contributed by atoms with Gasteiger partial charge in [-0.15, -0.1) is 11.3 Å². The van der Waals surface area contributed by atoms with Crippen molar-refractivity contribution in [3.8, 4) is 0 Å². The highest BCUT2D eigenvalue weighted by atomic mass is 32.1. The Kier molecular flexibility index (Phi) is 4.25. The third kappa shape index (κ3) is 2.88. The minimum atomic E-state index is 0.692. The normalized spacial score (nSPS) is 25.5. The van der Waals surface area contributed by atoms with Crippen molar-refractivity contribution < 1.29 is 0 Å². The molecule has 3 rings (SSSR count). The molecule has 0 amide bonds. The maximum absolute atomic E-state index is 5.76. The molecule has 0 spiro atoms. The molecule has 1 aromatic heterocycles. The van der Waals surface area contributed by atoms with Crippen molar-refractivity contribution in [1.29, 1.82) is 0 Å². The number of likely N-dealkylation sites (tertiary alicyclic amines) is 1. The van der Waals surface area contributed by atoms with Crippen LogP contribution in [0.1, 0.15) is 53.8 Å². The van der Waals surface area contributed by atoms with Crippen molar-refractivity contribution in [2.24, 2.45) is 11.7 Å². The zero-order valence-corrected chi connectivity index (χ0v) is 12.8. The second-order valence-electron chi connectivity index (χ2n) is 6.22. The fourth-order valence-corrected chi connectivity index (χ4v) is 4.92. The van der Waals surface area contributed by atoms with Gasteiger partial charge < -0.3 is 5.73 Å². The van der Waals surface area contributed by atoms with Crippen molar-refractivity contribution in [3.05, 3.63) is 21.4 Å². The quantitative estimate of drug-likeness (QED) is 0.910. The van der Waals surface area contributed by atoms with E-state index in [0.717, 1.165) is 18.5 Å². The number of hydrogen-bond acceptors (Lipinski definition) is 3. The first-order valence-electron chi connectivity index (χ1n) is 7.80. The standard InChI is InChI=1S/C16H26N2S/c1-12-14(9-15(10-17)19-12)11-18-8-4-7-16(18)13-5-2-3-6-13/h9,13,16H,2-8,10-11,17H2,1H3. The highest BCUT2D eigenvalue weighted by Crippen LogP contribution is 2.36. The summed E-state index contributed by atoms with van der Waals surface area (Å²) in [5, 5.41) is 0. The van der Waals surface area contributed by atoms with E-state index in [4.69, 9.17) is 5.73 Å². The molecule has 1 saturated heterocycles. The van der Waals surface area contributed by atoms with Gasteiger partial charge in [-0.3, -0.25) is 4.90 Å². The van der Waals surface area contributed by atoms with Crippen LogP contribution in [0.3, 0.4) is 0 Å². The van der Waals surface area contributed by atoms with Gasteiger partial charge in [0, 0.05) is 28.9 Å². The Balaban J connectivity index is 1.68. The highest BCUT2D eigenvalue weighted by molar-refractivity contribution is 7.12. The van der Waals surface area contributed by atoms with E-state index in [1.54, 1.807) is 0 Å². The van der Waals surface area contributed by atoms with Crippen molar-refractivity contribution >= 4 is 11.3 Å². The third-order valence-electron chi connectivity index (χ3n) is 5.00. The van der Waals surface area contributed by atoms with Gasteiger partial charge in [-0.1, -0.05) is 12.8 Å². The molecule has 0 bridgehead atoms. The summed E-state index contributed by atoms with van der Waals surface area (Å²) in [6.07, 6.45) is 8.69. The molecule has 3 heteroatoms. The first-order valence-corrected chi connectivity index (χ1v) is 8.62. The van der Waals surface area contributed by atoms with Crippen LogP contribution in [-0.2, 0) is 13.1 Å². The SMILES string of the molecule is Cc1sc(CN)cc1CN1CCCC1C1CCCC1. The van der Waals surface area contributed by atoms with Crippen molar-refractivity contribution in [2.45, 2.75) is 64.6 Å². The summed E-state index contributed by atoms with van der Waals surface area (Å²) in [5.41, 5.74) is 7.29. The van der Waals surface area contributed by atoms with Gasteiger partial charge in [0.15, 0.2) is 0 Å². The third-order valence-corrected chi connectivity index (χ3v) is 6.12. The first kappa shape index (κ1) is 13.6. The minimum Gasteiger partial charge on any atom is -0.326 e. The number of aryl methyl sites for hydroxylation is 1. The van der Waals surface area contributed by atoms with Crippen LogP contribution in [0.15, 0.2) is 6.07 Å². The Morgan fingerprint density at radius 3 is 2.74 bits per heavy atom. The average molecular weight is 278 g/mol. The van der Waals surface area contributed by atoms with Crippen LogP contribution in [0.25, 0.3) is 0 Å². The minimum absolute atomic E-state index is 0.692. The van der Waals surface area contributed by atoms with Gasteiger partial charge in [0.1, 0.15) is 0 Å². The summed E-state index contributed by atoms with van der Waals surface area (Å²) >= 11 is 1.88. The summed E-state index contributed by atoms with van der Waals surface area (Å²) in [5.74, 6) is 0.982. The molecular formula is C16H26N2S. The molecule has 0 radical (unpaired) electrons. The molecule has 1 saturated carbocycles. The molecule has 19 heavy (non-hydrogen) atoms. The van der Waals surface area contributed by atoms with E-state index in [0.29, 0.717) is 6.54 Å². The summed E-state index contributed by atoms with van der Waals surface area (Å²) in [4.78, 5) is 5.56. The molecule has 2 heterocycles. The van der Waals surface area contributed by atoms with Crippen molar-refractivity contribution in [3.63, 3.8) is 0 Å². The molecule has 1 aromatic rings. The number of nitrogens with zero attached hydrogens (tertiary/aromatic N) is 1. The molecule has 2 aliphatic rings. The smallest absolute Gasteiger partial charge is 0.0274 e. The second-order valence-corrected chi connectivity index (χ2v) is 7.56. The van der Waals surface area contributed by atoms with Crippen LogP contribution in [0, 0.1) is 12.8 Å². The largest absolute Gasteiger partial charge is 0.326 e.